The monoisotopic (exact) mass is 315 g/mol. The number of nitriles is 1. The predicted octanol–water partition coefficient (Wildman–Crippen LogP) is 3.16. The molecule has 5 heteroatoms. The molecule has 0 saturated carbocycles. The molecule has 1 aliphatic rings. The molecule has 0 bridgehead atoms. The number of nitrogens with two attached hydrogens (primary N) is 1. The largest absolute Gasteiger partial charge is 0.508 e. The standard InChI is InChI=1S/C19H13N3O2/c20-10-15-16(12-3-1-5-13(23)9-12)14-7-6-11-4-2-8-22-17(11)18(14)24-19(15)21/h1-9,16,23H,21H2. The summed E-state index contributed by atoms with van der Waals surface area (Å²) in [6.07, 6.45) is 1.69. The van der Waals surface area contributed by atoms with E-state index in [1.54, 1.807) is 24.4 Å². The van der Waals surface area contributed by atoms with E-state index in [0.29, 0.717) is 16.8 Å². The van der Waals surface area contributed by atoms with Crippen LogP contribution in [0.4, 0.5) is 0 Å². The zero-order chi connectivity index (χ0) is 16.7. The minimum Gasteiger partial charge on any atom is -0.508 e. The molecule has 24 heavy (non-hydrogen) atoms. The molecule has 1 unspecified atom stereocenters. The summed E-state index contributed by atoms with van der Waals surface area (Å²) in [5, 5.41) is 20.3. The van der Waals surface area contributed by atoms with Crippen molar-refractivity contribution >= 4 is 10.9 Å². The number of phenolic OH excluding ortho intramolecular Hbond substituents is 1. The quantitative estimate of drug-likeness (QED) is 0.719. The van der Waals surface area contributed by atoms with Crippen molar-refractivity contribution in [3.63, 3.8) is 0 Å². The molecule has 0 spiro atoms. The number of pyridine rings is 1. The first kappa shape index (κ1) is 14.1. The Morgan fingerprint density at radius 1 is 1.17 bits per heavy atom. The summed E-state index contributed by atoms with van der Waals surface area (Å²) in [7, 11) is 0. The first-order valence-corrected chi connectivity index (χ1v) is 7.43. The van der Waals surface area contributed by atoms with Gasteiger partial charge in [0, 0.05) is 17.1 Å². The van der Waals surface area contributed by atoms with Crippen molar-refractivity contribution in [2.45, 2.75) is 5.92 Å². The fraction of sp³-hybridized carbons (Fsp3) is 0.0526. The summed E-state index contributed by atoms with van der Waals surface area (Å²) in [5.74, 6) is 0.349. The van der Waals surface area contributed by atoms with Crippen molar-refractivity contribution in [3.05, 3.63) is 77.3 Å². The molecular formula is C19H13N3O2. The maximum Gasteiger partial charge on any atom is 0.205 e. The van der Waals surface area contributed by atoms with Gasteiger partial charge in [-0.3, -0.25) is 4.98 Å². The molecule has 0 aliphatic carbocycles. The van der Waals surface area contributed by atoms with Crippen molar-refractivity contribution < 1.29 is 9.84 Å². The Kier molecular flexibility index (Phi) is 3.10. The van der Waals surface area contributed by atoms with Gasteiger partial charge in [0.2, 0.25) is 5.88 Å². The van der Waals surface area contributed by atoms with Gasteiger partial charge >= 0.3 is 0 Å². The zero-order valence-corrected chi connectivity index (χ0v) is 12.6. The summed E-state index contributed by atoms with van der Waals surface area (Å²) in [6, 6.07) is 16.6. The van der Waals surface area contributed by atoms with E-state index >= 15 is 0 Å². The van der Waals surface area contributed by atoms with Crippen LogP contribution in [0.3, 0.4) is 0 Å². The molecule has 4 rings (SSSR count). The van der Waals surface area contributed by atoms with E-state index in [9.17, 15) is 10.4 Å². The highest BCUT2D eigenvalue weighted by Gasteiger charge is 2.32. The van der Waals surface area contributed by atoms with Crippen molar-refractivity contribution in [2.24, 2.45) is 5.73 Å². The van der Waals surface area contributed by atoms with Crippen LogP contribution < -0.4 is 10.5 Å². The van der Waals surface area contributed by atoms with Gasteiger partial charge in [-0.15, -0.1) is 0 Å². The van der Waals surface area contributed by atoms with E-state index in [2.05, 4.69) is 11.1 Å². The minimum atomic E-state index is -0.405. The highest BCUT2D eigenvalue weighted by Crippen LogP contribution is 2.45. The number of allylic oxidation sites excluding steroid dienone is 1. The van der Waals surface area contributed by atoms with Crippen LogP contribution in [0.25, 0.3) is 10.9 Å². The summed E-state index contributed by atoms with van der Waals surface area (Å²) in [5.41, 5.74) is 8.60. The Morgan fingerprint density at radius 2 is 2.04 bits per heavy atom. The number of phenols is 1. The molecule has 1 aliphatic heterocycles. The SMILES string of the molecule is N#CC1=C(N)Oc2c(ccc3cccnc23)C1c1cccc(O)c1. The number of hydrogen-bond acceptors (Lipinski definition) is 5. The van der Waals surface area contributed by atoms with Gasteiger partial charge in [-0.25, -0.2) is 0 Å². The van der Waals surface area contributed by atoms with E-state index in [4.69, 9.17) is 10.5 Å². The van der Waals surface area contributed by atoms with E-state index in [-0.39, 0.29) is 11.6 Å². The molecule has 3 aromatic rings. The highest BCUT2D eigenvalue weighted by molar-refractivity contribution is 5.87. The molecule has 3 N–H and O–H groups in total. The van der Waals surface area contributed by atoms with Gasteiger partial charge in [0.25, 0.3) is 0 Å². The van der Waals surface area contributed by atoms with Gasteiger partial charge in [-0.2, -0.15) is 5.26 Å². The smallest absolute Gasteiger partial charge is 0.205 e. The summed E-state index contributed by atoms with van der Waals surface area (Å²) >= 11 is 0. The number of ether oxygens (including phenoxy) is 1. The fourth-order valence-corrected chi connectivity index (χ4v) is 3.10. The summed E-state index contributed by atoms with van der Waals surface area (Å²) in [6.45, 7) is 0. The number of aromatic nitrogens is 1. The highest BCUT2D eigenvalue weighted by atomic mass is 16.5. The molecule has 0 fully saturated rings. The number of rotatable bonds is 1. The van der Waals surface area contributed by atoms with Crippen molar-refractivity contribution in [1.82, 2.24) is 4.98 Å². The number of fused-ring (bicyclic) bond motifs is 3. The van der Waals surface area contributed by atoms with Crippen molar-refractivity contribution in [2.75, 3.05) is 0 Å². The van der Waals surface area contributed by atoms with Gasteiger partial charge < -0.3 is 15.6 Å². The summed E-state index contributed by atoms with van der Waals surface area (Å²) in [4.78, 5) is 4.39. The van der Waals surface area contributed by atoms with Gasteiger partial charge in [0.05, 0.1) is 5.92 Å². The molecule has 0 amide bonds. The van der Waals surface area contributed by atoms with Crippen LogP contribution in [0.2, 0.25) is 0 Å². The average Bonchev–Trinajstić information content (AvgIpc) is 2.60. The molecule has 116 valence electrons. The van der Waals surface area contributed by atoms with E-state index in [1.807, 2.05) is 30.3 Å². The Bertz CT molecular complexity index is 1030. The van der Waals surface area contributed by atoms with Crippen LogP contribution in [-0.2, 0) is 0 Å². The van der Waals surface area contributed by atoms with Crippen LogP contribution in [0.1, 0.15) is 17.0 Å². The Hall–Kier alpha value is -3.52. The van der Waals surface area contributed by atoms with Gasteiger partial charge in [0.1, 0.15) is 22.9 Å². The lowest BCUT2D eigenvalue weighted by Crippen LogP contribution is -2.21. The lowest BCUT2D eigenvalue weighted by atomic mass is 9.83. The second-order valence-electron chi connectivity index (χ2n) is 5.58. The fourth-order valence-electron chi connectivity index (χ4n) is 3.10. The molecule has 2 heterocycles. The van der Waals surface area contributed by atoms with Crippen LogP contribution in [0.5, 0.6) is 11.5 Å². The van der Waals surface area contributed by atoms with Gasteiger partial charge in [-0.05, 0) is 23.8 Å². The molecule has 1 atom stereocenters. The Morgan fingerprint density at radius 3 is 2.83 bits per heavy atom. The Balaban J connectivity index is 2.02. The molecule has 2 aromatic carbocycles. The average molecular weight is 315 g/mol. The third-order valence-electron chi connectivity index (χ3n) is 4.16. The van der Waals surface area contributed by atoms with Gasteiger partial charge in [0.15, 0.2) is 5.75 Å². The third-order valence-corrected chi connectivity index (χ3v) is 4.16. The lowest BCUT2D eigenvalue weighted by Gasteiger charge is -2.27. The first-order chi connectivity index (χ1) is 11.7. The normalized spacial score (nSPS) is 16.4. The number of hydrogen-bond donors (Lipinski definition) is 2. The van der Waals surface area contributed by atoms with E-state index in [0.717, 1.165) is 16.5 Å². The topological polar surface area (TPSA) is 92.2 Å². The Labute approximate surface area is 138 Å². The predicted molar refractivity (Wildman–Crippen MR) is 89.1 cm³/mol. The van der Waals surface area contributed by atoms with Crippen molar-refractivity contribution in [1.29, 1.82) is 5.26 Å². The number of benzene rings is 2. The van der Waals surface area contributed by atoms with E-state index in [1.165, 1.54) is 0 Å². The van der Waals surface area contributed by atoms with Crippen LogP contribution >= 0.6 is 0 Å². The molecule has 5 nitrogen and oxygen atoms in total. The zero-order valence-electron chi connectivity index (χ0n) is 12.6. The van der Waals surface area contributed by atoms with Crippen LogP contribution in [0, 0.1) is 11.3 Å². The van der Waals surface area contributed by atoms with E-state index < -0.39 is 5.92 Å². The molecular weight excluding hydrogens is 302 g/mol. The van der Waals surface area contributed by atoms with Crippen molar-refractivity contribution in [3.8, 4) is 17.6 Å². The second kappa shape index (κ2) is 5.28. The molecule has 0 radical (unpaired) electrons. The lowest BCUT2D eigenvalue weighted by molar-refractivity contribution is 0.397. The maximum absolute atomic E-state index is 9.81. The van der Waals surface area contributed by atoms with Crippen LogP contribution in [0.15, 0.2) is 66.2 Å². The third kappa shape index (κ3) is 2.05. The minimum absolute atomic E-state index is 0.0662. The van der Waals surface area contributed by atoms with Crippen LogP contribution in [-0.4, -0.2) is 10.1 Å². The summed E-state index contributed by atoms with van der Waals surface area (Å²) < 4.78 is 5.74. The van der Waals surface area contributed by atoms with Gasteiger partial charge in [-0.1, -0.05) is 30.3 Å². The number of aromatic hydroxyl groups is 1. The molecule has 0 saturated heterocycles. The molecule has 1 aromatic heterocycles. The number of nitrogens with zero attached hydrogens (tertiary/aromatic N) is 2. The maximum atomic E-state index is 9.81. The second-order valence-corrected chi connectivity index (χ2v) is 5.58. The first-order valence-electron chi connectivity index (χ1n) is 7.43.